The van der Waals surface area contributed by atoms with Crippen LogP contribution in [0.4, 0.5) is 0 Å². The summed E-state index contributed by atoms with van der Waals surface area (Å²) in [6.07, 6.45) is 5.95. The average molecular weight is 391 g/mol. The highest BCUT2D eigenvalue weighted by atomic mass is 35.5. The van der Waals surface area contributed by atoms with E-state index >= 15 is 0 Å². The van der Waals surface area contributed by atoms with Crippen molar-refractivity contribution in [2.24, 2.45) is 13.0 Å². The van der Waals surface area contributed by atoms with Crippen LogP contribution >= 0.6 is 12.4 Å². The Morgan fingerprint density at radius 3 is 2.81 bits per heavy atom. The molecule has 1 amide bonds. The van der Waals surface area contributed by atoms with E-state index in [0.29, 0.717) is 6.54 Å². The molecule has 2 aliphatic rings. The van der Waals surface area contributed by atoms with Crippen LogP contribution in [-0.4, -0.2) is 41.5 Å². The molecule has 1 aromatic carbocycles. The smallest absolute Gasteiger partial charge is 0.225 e. The summed E-state index contributed by atoms with van der Waals surface area (Å²) in [5.74, 6) is 0.157. The summed E-state index contributed by atoms with van der Waals surface area (Å²) in [6, 6.07) is 10.1. The van der Waals surface area contributed by atoms with Crippen molar-refractivity contribution in [3.8, 4) is 0 Å². The third kappa shape index (κ3) is 4.34. The van der Waals surface area contributed by atoms with Crippen LogP contribution in [0, 0.1) is 5.92 Å². The van der Waals surface area contributed by atoms with Gasteiger partial charge in [-0.05, 0) is 24.0 Å². The molecule has 0 radical (unpaired) electrons. The zero-order valence-electron chi connectivity index (χ0n) is 15.5. The van der Waals surface area contributed by atoms with Crippen LogP contribution in [0.2, 0.25) is 0 Å². The molecule has 7 heteroatoms. The van der Waals surface area contributed by atoms with Crippen molar-refractivity contribution in [3.63, 3.8) is 0 Å². The van der Waals surface area contributed by atoms with E-state index in [2.05, 4.69) is 27.9 Å². The first-order chi connectivity index (χ1) is 12.7. The molecular formula is C20H27ClN4O2. The quantitative estimate of drug-likeness (QED) is 0.821. The Kier molecular flexibility index (Phi) is 6.52. The standard InChI is InChI=1S/C20H26N4O2.ClH/c1-24-13-15(10-22-24)16-11-21-12-17(16)20(25)23-19(18-8-5-9-26-18)14-6-3-2-4-7-14;/h2-4,6-7,10,13,16-19,21H,5,8-9,11-12H2,1H3,(H,23,25);1H/t16-,17+,18?,19?;/m1./s1. The minimum atomic E-state index is -0.0960. The lowest BCUT2D eigenvalue weighted by Crippen LogP contribution is -2.41. The first kappa shape index (κ1) is 19.9. The van der Waals surface area contributed by atoms with Gasteiger partial charge in [-0.25, -0.2) is 0 Å². The molecule has 2 aromatic rings. The Morgan fingerprint density at radius 2 is 2.15 bits per heavy atom. The number of carbonyl (C=O) groups excluding carboxylic acids is 1. The van der Waals surface area contributed by atoms with E-state index in [4.69, 9.17) is 4.74 Å². The van der Waals surface area contributed by atoms with Crippen LogP contribution in [0.15, 0.2) is 42.7 Å². The Balaban J connectivity index is 0.00000210. The number of rotatable bonds is 5. The number of carbonyl (C=O) groups is 1. The molecule has 2 aliphatic heterocycles. The molecular weight excluding hydrogens is 364 g/mol. The lowest BCUT2D eigenvalue weighted by Gasteiger charge is -2.27. The normalized spacial score (nSPS) is 25.7. The number of aryl methyl sites for hydroxylation is 1. The lowest BCUT2D eigenvalue weighted by molar-refractivity contribution is -0.126. The number of benzene rings is 1. The highest BCUT2D eigenvalue weighted by molar-refractivity contribution is 5.85. The van der Waals surface area contributed by atoms with Gasteiger partial charge in [0.1, 0.15) is 0 Å². The van der Waals surface area contributed by atoms with Crippen molar-refractivity contribution in [2.75, 3.05) is 19.7 Å². The van der Waals surface area contributed by atoms with Crippen LogP contribution < -0.4 is 10.6 Å². The number of nitrogens with one attached hydrogen (secondary N) is 2. The Labute approximate surface area is 166 Å². The number of nitrogens with zero attached hydrogens (tertiary/aromatic N) is 2. The first-order valence-electron chi connectivity index (χ1n) is 9.38. The van der Waals surface area contributed by atoms with Crippen LogP contribution in [0.1, 0.15) is 35.9 Å². The van der Waals surface area contributed by atoms with Crippen molar-refractivity contribution < 1.29 is 9.53 Å². The molecule has 2 saturated heterocycles. The molecule has 3 heterocycles. The van der Waals surface area contributed by atoms with Crippen molar-refractivity contribution in [3.05, 3.63) is 53.9 Å². The molecule has 1 aromatic heterocycles. The molecule has 0 bridgehead atoms. The summed E-state index contributed by atoms with van der Waals surface area (Å²) in [7, 11) is 1.91. The average Bonchev–Trinajstić information content (AvgIpc) is 3.41. The van der Waals surface area contributed by atoms with Gasteiger partial charge in [0.05, 0.1) is 24.3 Å². The van der Waals surface area contributed by atoms with E-state index in [1.165, 1.54) is 0 Å². The van der Waals surface area contributed by atoms with Gasteiger partial charge < -0.3 is 15.4 Å². The second-order valence-corrected chi connectivity index (χ2v) is 7.27. The molecule has 0 aliphatic carbocycles. The van der Waals surface area contributed by atoms with Gasteiger partial charge in [-0.1, -0.05) is 30.3 Å². The Morgan fingerprint density at radius 1 is 1.33 bits per heavy atom. The molecule has 4 atom stereocenters. The molecule has 27 heavy (non-hydrogen) atoms. The molecule has 146 valence electrons. The van der Waals surface area contributed by atoms with Gasteiger partial charge in [0.15, 0.2) is 0 Å². The maximum absolute atomic E-state index is 13.1. The van der Waals surface area contributed by atoms with Crippen LogP contribution in [0.5, 0.6) is 0 Å². The van der Waals surface area contributed by atoms with E-state index < -0.39 is 0 Å². The second-order valence-electron chi connectivity index (χ2n) is 7.27. The predicted molar refractivity (Wildman–Crippen MR) is 106 cm³/mol. The van der Waals surface area contributed by atoms with E-state index in [9.17, 15) is 4.79 Å². The minimum Gasteiger partial charge on any atom is -0.376 e. The van der Waals surface area contributed by atoms with Crippen molar-refractivity contribution in [2.45, 2.75) is 30.9 Å². The molecule has 0 saturated carbocycles. The third-order valence-corrected chi connectivity index (χ3v) is 5.50. The van der Waals surface area contributed by atoms with Crippen LogP contribution in [-0.2, 0) is 16.6 Å². The first-order valence-corrected chi connectivity index (χ1v) is 9.38. The van der Waals surface area contributed by atoms with Crippen molar-refractivity contribution in [1.82, 2.24) is 20.4 Å². The Bertz CT molecular complexity index is 745. The van der Waals surface area contributed by atoms with E-state index in [1.807, 2.05) is 37.6 Å². The number of hydrogen-bond donors (Lipinski definition) is 2. The Hall–Kier alpha value is -1.89. The van der Waals surface area contributed by atoms with Gasteiger partial charge in [0, 0.05) is 38.9 Å². The lowest BCUT2D eigenvalue weighted by atomic mass is 9.89. The van der Waals surface area contributed by atoms with Gasteiger partial charge in [0.25, 0.3) is 0 Å². The SMILES string of the molecule is Cl.Cn1cc([C@H]2CNC[C@@H]2C(=O)NC(c2ccccc2)C2CCCO2)cn1. The highest BCUT2D eigenvalue weighted by Gasteiger charge is 2.37. The summed E-state index contributed by atoms with van der Waals surface area (Å²) in [5.41, 5.74) is 2.22. The third-order valence-electron chi connectivity index (χ3n) is 5.50. The zero-order chi connectivity index (χ0) is 17.9. The highest BCUT2D eigenvalue weighted by Crippen LogP contribution is 2.31. The maximum atomic E-state index is 13.1. The summed E-state index contributed by atoms with van der Waals surface area (Å²) >= 11 is 0. The largest absolute Gasteiger partial charge is 0.376 e. The van der Waals surface area contributed by atoms with E-state index in [-0.39, 0.29) is 42.3 Å². The van der Waals surface area contributed by atoms with Crippen LogP contribution in [0.3, 0.4) is 0 Å². The second kappa shape index (κ2) is 8.87. The number of amides is 1. The predicted octanol–water partition coefficient (Wildman–Crippen LogP) is 2.18. The fraction of sp³-hybridized carbons (Fsp3) is 0.500. The van der Waals surface area contributed by atoms with E-state index in [0.717, 1.165) is 37.1 Å². The summed E-state index contributed by atoms with van der Waals surface area (Å²) in [5, 5.41) is 10.9. The number of hydrogen-bond acceptors (Lipinski definition) is 4. The molecule has 4 rings (SSSR count). The number of halogens is 1. The van der Waals surface area contributed by atoms with Crippen LogP contribution in [0.25, 0.3) is 0 Å². The van der Waals surface area contributed by atoms with Gasteiger partial charge in [0.2, 0.25) is 5.91 Å². The van der Waals surface area contributed by atoms with Crippen molar-refractivity contribution in [1.29, 1.82) is 0 Å². The minimum absolute atomic E-state index is 0. The zero-order valence-corrected chi connectivity index (χ0v) is 16.3. The maximum Gasteiger partial charge on any atom is 0.225 e. The fourth-order valence-electron chi connectivity index (χ4n) is 4.11. The molecule has 6 nitrogen and oxygen atoms in total. The topological polar surface area (TPSA) is 68.2 Å². The van der Waals surface area contributed by atoms with Crippen molar-refractivity contribution >= 4 is 18.3 Å². The van der Waals surface area contributed by atoms with Gasteiger partial charge >= 0.3 is 0 Å². The fourth-order valence-corrected chi connectivity index (χ4v) is 4.11. The monoisotopic (exact) mass is 390 g/mol. The summed E-state index contributed by atoms with van der Waals surface area (Å²) in [6.45, 7) is 2.27. The summed E-state index contributed by atoms with van der Waals surface area (Å²) in [4.78, 5) is 13.1. The summed E-state index contributed by atoms with van der Waals surface area (Å²) < 4.78 is 7.70. The molecule has 2 N–H and O–H groups in total. The van der Waals surface area contributed by atoms with E-state index in [1.54, 1.807) is 4.68 Å². The molecule has 0 spiro atoms. The molecule has 2 unspecified atom stereocenters. The number of ether oxygens (including phenoxy) is 1. The van der Waals surface area contributed by atoms with Gasteiger partial charge in [-0.15, -0.1) is 12.4 Å². The van der Waals surface area contributed by atoms with Gasteiger partial charge in [-0.2, -0.15) is 5.10 Å². The molecule has 2 fully saturated rings. The van der Waals surface area contributed by atoms with Gasteiger partial charge in [-0.3, -0.25) is 9.48 Å². The number of aromatic nitrogens is 2.